The van der Waals surface area contributed by atoms with E-state index in [0.717, 1.165) is 47.1 Å². The topological polar surface area (TPSA) is 60.1 Å². The predicted octanol–water partition coefficient (Wildman–Crippen LogP) is 7.60. The van der Waals surface area contributed by atoms with E-state index in [2.05, 4.69) is 4.98 Å². The quantitative estimate of drug-likeness (QED) is 0.106. The SMILES string of the molecule is Cn1cnc(CCN(Cc2ccc(-c3ccc(C(F)(F)F)cc3)cc2)C(=O)Cn2c(SCc3cccc(F)c3F)cc(=O)c3c2CCC3)c1. The minimum absolute atomic E-state index is 0.0531. The van der Waals surface area contributed by atoms with Gasteiger partial charge in [-0.3, -0.25) is 9.59 Å². The van der Waals surface area contributed by atoms with Gasteiger partial charge in [0, 0.05) is 61.4 Å². The van der Waals surface area contributed by atoms with Crippen LogP contribution in [0.2, 0.25) is 0 Å². The molecule has 12 heteroatoms. The molecule has 5 aromatic rings. The van der Waals surface area contributed by atoms with Crippen molar-refractivity contribution in [1.29, 1.82) is 0 Å². The van der Waals surface area contributed by atoms with E-state index in [1.165, 1.54) is 42.1 Å². The molecule has 1 aliphatic rings. The van der Waals surface area contributed by atoms with Gasteiger partial charge in [-0.25, -0.2) is 13.8 Å². The summed E-state index contributed by atoms with van der Waals surface area (Å²) >= 11 is 1.19. The Bertz CT molecular complexity index is 2020. The number of benzene rings is 3. The van der Waals surface area contributed by atoms with E-state index in [1.54, 1.807) is 11.2 Å². The minimum atomic E-state index is -4.41. The molecule has 0 fully saturated rings. The van der Waals surface area contributed by atoms with Gasteiger partial charge in [0.1, 0.15) is 6.54 Å². The Morgan fingerprint density at radius 3 is 2.37 bits per heavy atom. The predicted molar refractivity (Wildman–Crippen MR) is 178 cm³/mol. The summed E-state index contributed by atoms with van der Waals surface area (Å²) in [5, 5.41) is 0.508. The van der Waals surface area contributed by atoms with Gasteiger partial charge in [0.05, 0.1) is 22.6 Å². The van der Waals surface area contributed by atoms with Crippen LogP contribution >= 0.6 is 11.8 Å². The molecular formula is C37H33F5N4O2S. The summed E-state index contributed by atoms with van der Waals surface area (Å²) in [5.74, 6) is -2.01. The highest BCUT2D eigenvalue weighted by molar-refractivity contribution is 7.98. The zero-order valence-electron chi connectivity index (χ0n) is 26.6. The van der Waals surface area contributed by atoms with Crippen molar-refractivity contribution in [3.63, 3.8) is 0 Å². The number of hydrogen-bond donors (Lipinski definition) is 0. The minimum Gasteiger partial charge on any atom is -0.340 e. The van der Waals surface area contributed by atoms with Gasteiger partial charge in [0.2, 0.25) is 5.91 Å². The van der Waals surface area contributed by atoms with Crippen molar-refractivity contribution < 1.29 is 26.7 Å². The first kappa shape index (κ1) is 34.2. The Hall–Kier alpha value is -4.71. The zero-order chi connectivity index (χ0) is 34.7. The molecule has 1 aliphatic carbocycles. The molecule has 2 aromatic heterocycles. The second-order valence-corrected chi connectivity index (χ2v) is 13.1. The highest BCUT2D eigenvalue weighted by atomic mass is 32.2. The normalized spacial score (nSPS) is 12.7. The number of pyridine rings is 1. The monoisotopic (exact) mass is 692 g/mol. The van der Waals surface area contributed by atoms with E-state index in [-0.39, 0.29) is 35.7 Å². The maximum Gasteiger partial charge on any atom is 0.416 e. The zero-order valence-corrected chi connectivity index (χ0v) is 27.5. The largest absolute Gasteiger partial charge is 0.416 e. The first-order chi connectivity index (χ1) is 23.5. The molecule has 3 aromatic carbocycles. The number of rotatable bonds is 11. The summed E-state index contributed by atoms with van der Waals surface area (Å²) in [5.41, 5.74) is 3.79. The fourth-order valence-electron chi connectivity index (χ4n) is 6.05. The Kier molecular flexibility index (Phi) is 10.0. The second-order valence-electron chi connectivity index (χ2n) is 12.1. The van der Waals surface area contributed by atoms with Crippen molar-refractivity contribution in [3.05, 3.63) is 141 Å². The third-order valence-electron chi connectivity index (χ3n) is 8.65. The lowest BCUT2D eigenvalue weighted by molar-refractivity contribution is -0.137. The van der Waals surface area contributed by atoms with Crippen LogP contribution in [0.3, 0.4) is 0 Å². The summed E-state index contributed by atoms with van der Waals surface area (Å²) in [6.07, 6.45) is 1.67. The van der Waals surface area contributed by atoms with Crippen LogP contribution < -0.4 is 5.43 Å². The van der Waals surface area contributed by atoms with Crippen molar-refractivity contribution in [3.8, 4) is 11.1 Å². The van der Waals surface area contributed by atoms with Crippen molar-refractivity contribution in [2.45, 2.75) is 55.7 Å². The lowest BCUT2D eigenvalue weighted by Crippen LogP contribution is -2.36. The van der Waals surface area contributed by atoms with E-state index in [9.17, 15) is 31.5 Å². The molecule has 0 bridgehead atoms. The Balaban J connectivity index is 1.25. The molecule has 0 atom stereocenters. The molecule has 6 rings (SSSR count). The number of carbonyl (C=O) groups is 1. The molecule has 0 N–H and O–H groups in total. The maximum absolute atomic E-state index is 14.5. The van der Waals surface area contributed by atoms with Crippen LogP contribution in [0.15, 0.2) is 95.1 Å². The molecule has 2 heterocycles. The number of hydrogen-bond acceptors (Lipinski definition) is 4. The number of carbonyl (C=O) groups excluding carboxylic acids is 1. The van der Waals surface area contributed by atoms with E-state index < -0.39 is 23.4 Å². The number of nitrogens with zero attached hydrogens (tertiary/aromatic N) is 4. The van der Waals surface area contributed by atoms with Crippen LogP contribution in [-0.2, 0) is 56.1 Å². The summed E-state index contributed by atoms with van der Waals surface area (Å²) in [4.78, 5) is 33.3. The highest BCUT2D eigenvalue weighted by Crippen LogP contribution is 2.32. The number of thioether (sulfide) groups is 1. The molecule has 0 aliphatic heterocycles. The average molecular weight is 693 g/mol. The number of imidazole rings is 1. The van der Waals surface area contributed by atoms with Gasteiger partial charge in [-0.2, -0.15) is 13.2 Å². The lowest BCUT2D eigenvalue weighted by atomic mass is 10.0. The van der Waals surface area contributed by atoms with Gasteiger partial charge in [-0.15, -0.1) is 11.8 Å². The summed E-state index contributed by atoms with van der Waals surface area (Å²) in [7, 11) is 1.86. The smallest absolute Gasteiger partial charge is 0.340 e. The maximum atomic E-state index is 14.5. The number of aromatic nitrogens is 3. The second kappa shape index (κ2) is 14.4. The van der Waals surface area contributed by atoms with Gasteiger partial charge >= 0.3 is 6.18 Å². The van der Waals surface area contributed by atoms with Crippen LogP contribution in [0.5, 0.6) is 0 Å². The number of amides is 1. The first-order valence-electron chi connectivity index (χ1n) is 15.8. The Labute approximate surface area is 284 Å². The highest BCUT2D eigenvalue weighted by Gasteiger charge is 2.30. The Morgan fingerprint density at radius 2 is 1.69 bits per heavy atom. The summed E-state index contributed by atoms with van der Waals surface area (Å²) < 4.78 is 71.1. The van der Waals surface area contributed by atoms with Gasteiger partial charge in [-0.1, -0.05) is 48.5 Å². The van der Waals surface area contributed by atoms with Gasteiger partial charge in [-0.05, 0) is 54.2 Å². The van der Waals surface area contributed by atoms with E-state index >= 15 is 0 Å². The third kappa shape index (κ3) is 7.96. The van der Waals surface area contributed by atoms with Crippen molar-refractivity contribution >= 4 is 17.7 Å². The fourth-order valence-corrected chi connectivity index (χ4v) is 7.10. The third-order valence-corrected chi connectivity index (χ3v) is 9.74. The van der Waals surface area contributed by atoms with Crippen LogP contribution in [0.4, 0.5) is 22.0 Å². The van der Waals surface area contributed by atoms with Crippen molar-refractivity contribution in [1.82, 2.24) is 19.0 Å². The first-order valence-corrected chi connectivity index (χ1v) is 16.8. The standard InChI is InChI=1S/C37H33F5N4O2S/c1-44-20-29(43-23-44)16-17-45(19-24-8-10-25(11-9-24)26-12-14-28(15-13-26)37(40,41)42)34(48)21-46-32-7-3-5-30(32)33(47)18-35(46)49-22-27-4-2-6-31(38)36(27)39/h2,4,6,8-15,18,20,23H,3,5,7,16-17,19,21-22H2,1H3. The number of halogens is 5. The van der Waals surface area contributed by atoms with Gasteiger partial charge in [0.15, 0.2) is 17.1 Å². The molecule has 0 radical (unpaired) electrons. The number of fused-ring (bicyclic) bond motifs is 1. The molecule has 254 valence electrons. The number of alkyl halides is 3. The molecule has 1 amide bonds. The van der Waals surface area contributed by atoms with Gasteiger partial charge < -0.3 is 14.0 Å². The van der Waals surface area contributed by atoms with Crippen LogP contribution in [0, 0.1) is 11.6 Å². The molecule has 6 nitrogen and oxygen atoms in total. The lowest BCUT2D eigenvalue weighted by Gasteiger charge is -2.25. The molecule has 0 spiro atoms. The molecular weight excluding hydrogens is 659 g/mol. The fraction of sp³-hybridized carbons (Fsp3) is 0.270. The molecule has 0 unspecified atom stereocenters. The molecule has 0 saturated heterocycles. The van der Waals surface area contributed by atoms with Crippen LogP contribution in [-0.4, -0.2) is 31.5 Å². The van der Waals surface area contributed by atoms with E-state index in [1.807, 2.05) is 46.6 Å². The Morgan fingerprint density at radius 1 is 0.980 bits per heavy atom. The summed E-state index contributed by atoms with van der Waals surface area (Å²) in [6, 6.07) is 17.8. The molecule has 49 heavy (non-hydrogen) atoms. The van der Waals surface area contributed by atoms with E-state index in [4.69, 9.17) is 0 Å². The van der Waals surface area contributed by atoms with E-state index in [0.29, 0.717) is 42.0 Å². The van der Waals surface area contributed by atoms with Crippen LogP contribution in [0.1, 0.15) is 40.1 Å². The summed E-state index contributed by atoms with van der Waals surface area (Å²) in [6.45, 7) is 0.566. The van der Waals surface area contributed by atoms with Crippen molar-refractivity contribution in [2.75, 3.05) is 6.54 Å². The number of aryl methyl sites for hydroxylation is 1. The van der Waals surface area contributed by atoms with Crippen molar-refractivity contribution in [2.24, 2.45) is 7.05 Å². The van der Waals surface area contributed by atoms with Crippen LogP contribution in [0.25, 0.3) is 11.1 Å². The van der Waals surface area contributed by atoms with Gasteiger partial charge in [0.25, 0.3) is 0 Å². The average Bonchev–Trinajstić information content (AvgIpc) is 3.75. The molecule has 0 saturated carbocycles.